The number of nitrogens with one attached hydrogen (secondary N) is 2. The van der Waals surface area contributed by atoms with Crippen molar-refractivity contribution in [2.24, 2.45) is 0 Å². The molecule has 1 atom stereocenters. The fourth-order valence-electron chi connectivity index (χ4n) is 2.05. The molecule has 128 valence electrons. The van der Waals surface area contributed by atoms with Gasteiger partial charge in [-0.25, -0.2) is 0 Å². The van der Waals surface area contributed by atoms with E-state index in [4.69, 9.17) is 9.47 Å². The van der Waals surface area contributed by atoms with E-state index in [-0.39, 0.29) is 18.6 Å². The van der Waals surface area contributed by atoms with Gasteiger partial charge in [0.05, 0.1) is 19.8 Å². The normalized spacial score (nSPS) is 11.5. The van der Waals surface area contributed by atoms with Gasteiger partial charge in [0.1, 0.15) is 11.5 Å². The van der Waals surface area contributed by atoms with Gasteiger partial charge in [0, 0.05) is 17.4 Å². The van der Waals surface area contributed by atoms with Crippen molar-refractivity contribution in [2.75, 3.05) is 24.3 Å². The maximum Gasteiger partial charge on any atom is 0.243 e. The average Bonchev–Trinajstić information content (AvgIpc) is 2.61. The number of ether oxygens (including phenoxy) is 2. The van der Waals surface area contributed by atoms with Gasteiger partial charge < -0.3 is 20.1 Å². The van der Waals surface area contributed by atoms with Gasteiger partial charge in [-0.15, -0.1) is 0 Å². The third kappa shape index (κ3) is 5.50. The molecular weight excluding hydrogens is 304 g/mol. The van der Waals surface area contributed by atoms with Crippen LogP contribution < -0.4 is 20.1 Å². The number of amides is 1. The molecule has 2 N–H and O–H groups in total. The van der Waals surface area contributed by atoms with Gasteiger partial charge in [0.25, 0.3) is 0 Å². The van der Waals surface area contributed by atoms with E-state index < -0.39 is 0 Å². The van der Waals surface area contributed by atoms with Crippen LogP contribution >= 0.6 is 0 Å². The van der Waals surface area contributed by atoms with Crippen LogP contribution in [0.1, 0.15) is 20.3 Å². The van der Waals surface area contributed by atoms with Crippen LogP contribution in [0.5, 0.6) is 11.5 Å². The smallest absolute Gasteiger partial charge is 0.243 e. The molecule has 0 aliphatic heterocycles. The largest absolute Gasteiger partial charge is 0.497 e. The predicted octanol–water partition coefficient (Wildman–Crippen LogP) is 3.92. The van der Waals surface area contributed by atoms with Crippen molar-refractivity contribution in [1.29, 1.82) is 0 Å². The molecule has 0 saturated heterocycles. The zero-order chi connectivity index (χ0) is 17.4. The van der Waals surface area contributed by atoms with Crippen LogP contribution in [0.4, 0.5) is 11.4 Å². The molecule has 1 unspecified atom stereocenters. The van der Waals surface area contributed by atoms with Gasteiger partial charge in [0.2, 0.25) is 5.91 Å². The summed E-state index contributed by atoms with van der Waals surface area (Å²) >= 11 is 0. The molecule has 0 saturated carbocycles. The zero-order valence-electron chi connectivity index (χ0n) is 14.3. The van der Waals surface area contributed by atoms with Crippen molar-refractivity contribution < 1.29 is 14.3 Å². The Labute approximate surface area is 143 Å². The van der Waals surface area contributed by atoms with Crippen molar-refractivity contribution in [3.05, 3.63) is 48.5 Å². The summed E-state index contributed by atoms with van der Waals surface area (Å²) in [6.07, 6.45) is 1.13. The first-order valence-corrected chi connectivity index (χ1v) is 8.05. The highest BCUT2D eigenvalue weighted by atomic mass is 16.5. The van der Waals surface area contributed by atoms with Crippen molar-refractivity contribution in [3.63, 3.8) is 0 Å². The molecule has 2 aromatic rings. The fourth-order valence-corrected chi connectivity index (χ4v) is 2.05. The van der Waals surface area contributed by atoms with Gasteiger partial charge in [-0.3, -0.25) is 4.79 Å². The van der Waals surface area contributed by atoms with E-state index in [2.05, 4.69) is 17.6 Å². The summed E-state index contributed by atoms with van der Waals surface area (Å²) in [6.45, 7) is 4.28. The third-order valence-electron chi connectivity index (χ3n) is 3.57. The lowest BCUT2D eigenvalue weighted by Gasteiger charge is -2.13. The molecule has 0 aliphatic rings. The lowest BCUT2D eigenvalue weighted by molar-refractivity contribution is -0.114. The van der Waals surface area contributed by atoms with E-state index in [1.54, 1.807) is 7.11 Å². The van der Waals surface area contributed by atoms with E-state index in [0.29, 0.717) is 0 Å². The van der Waals surface area contributed by atoms with E-state index in [0.717, 1.165) is 29.3 Å². The standard InChI is InChI=1S/C19H24N2O3/c1-4-14(2)24-17-10-8-15(9-11-17)21-19(22)13-20-16-6-5-7-18(12-16)23-3/h5-12,14,20H,4,13H2,1-3H3,(H,21,22). The number of benzene rings is 2. The van der Waals surface area contributed by atoms with E-state index >= 15 is 0 Å². The fraction of sp³-hybridized carbons (Fsp3) is 0.316. The van der Waals surface area contributed by atoms with Gasteiger partial charge >= 0.3 is 0 Å². The Kier molecular flexibility index (Phi) is 6.49. The number of hydrogen-bond donors (Lipinski definition) is 2. The Morgan fingerprint density at radius 1 is 1.08 bits per heavy atom. The summed E-state index contributed by atoms with van der Waals surface area (Å²) in [5.41, 5.74) is 1.57. The molecule has 1 amide bonds. The summed E-state index contributed by atoms with van der Waals surface area (Å²) < 4.78 is 10.9. The minimum Gasteiger partial charge on any atom is -0.497 e. The maximum atomic E-state index is 12.0. The van der Waals surface area contributed by atoms with E-state index in [1.807, 2.05) is 55.5 Å². The number of carbonyl (C=O) groups is 1. The predicted molar refractivity (Wildman–Crippen MR) is 96.9 cm³/mol. The Hall–Kier alpha value is -2.69. The van der Waals surface area contributed by atoms with Crippen molar-refractivity contribution in [3.8, 4) is 11.5 Å². The number of rotatable bonds is 8. The number of anilines is 2. The lowest BCUT2D eigenvalue weighted by Crippen LogP contribution is -2.21. The molecule has 0 radical (unpaired) electrons. The van der Waals surface area contributed by atoms with Crippen molar-refractivity contribution in [1.82, 2.24) is 0 Å². The molecule has 0 fully saturated rings. The minimum absolute atomic E-state index is 0.117. The van der Waals surface area contributed by atoms with Crippen LogP contribution in [0.2, 0.25) is 0 Å². The van der Waals surface area contributed by atoms with Gasteiger partial charge in [-0.05, 0) is 49.7 Å². The zero-order valence-corrected chi connectivity index (χ0v) is 14.3. The van der Waals surface area contributed by atoms with Crippen molar-refractivity contribution in [2.45, 2.75) is 26.4 Å². The Morgan fingerprint density at radius 3 is 2.50 bits per heavy atom. The highest BCUT2D eigenvalue weighted by molar-refractivity contribution is 5.93. The summed E-state index contributed by atoms with van der Waals surface area (Å²) in [5.74, 6) is 1.43. The van der Waals surface area contributed by atoms with Crippen LogP contribution in [-0.4, -0.2) is 25.7 Å². The van der Waals surface area contributed by atoms with Gasteiger partial charge in [-0.1, -0.05) is 13.0 Å². The van der Waals surface area contributed by atoms with Crippen LogP contribution in [0.3, 0.4) is 0 Å². The molecule has 0 aromatic heterocycles. The van der Waals surface area contributed by atoms with Gasteiger partial charge in [-0.2, -0.15) is 0 Å². The lowest BCUT2D eigenvalue weighted by atomic mass is 10.2. The SMILES string of the molecule is CCC(C)Oc1ccc(NC(=O)CNc2cccc(OC)c2)cc1. The summed E-state index contributed by atoms with van der Waals surface area (Å²) in [4.78, 5) is 12.0. The second-order valence-electron chi connectivity index (χ2n) is 5.49. The summed E-state index contributed by atoms with van der Waals surface area (Å²) in [5, 5.41) is 5.91. The Balaban J connectivity index is 1.83. The summed E-state index contributed by atoms with van der Waals surface area (Å²) in [6, 6.07) is 14.8. The molecule has 0 bridgehead atoms. The topological polar surface area (TPSA) is 59.6 Å². The van der Waals surface area contributed by atoms with E-state index in [9.17, 15) is 4.79 Å². The number of methoxy groups -OCH3 is 1. The molecule has 5 heteroatoms. The maximum absolute atomic E-state index is 12.0. The van der Waals surface area contributed by atoms with Crippen LogP contribution in [-0.2, 0) is 4.79 Å². The second kappa shape index (κ2) is 8.82. The van der Waals surface area contributed by atoms with Crippen LogP contribution in [0.25, 0.3) is 0 Å². The Morgan fingerprint density at radius 2 is 1.83 bits per heavy atom. The quantitative estimate of drug-likeness (QED) is 0.771. The minimum atomic E-state index is -0.117. The molecule has 24 heavy (non-hydrogen) atoms. The number of hydrogen-bond acceptors (Lipinski definition) is 4. The van der Waals surface area contributed by atoms with Crippen molar-refractivity contribution >= 4 is 17.3 Å². The molecule has 2 rings (SSSR count). The molecule has 0 spiro atoms. The average molecular weight is 328 g/mol. The highest BCUT2D eigenvalue weighted by Gasteiger charge is 2.05. The first kappa shape index (κ1) is 17.7. The number of carbonyl (C=O) groups excluding carboxylic acids is 1. The molecule has 0 aliphatic carbocycles. The third-order valence-corrected chi connectivity index (χ3v) is 3.57. The summed E-state index contributed by atoms with van der Waals surface area (Å²) in [7, 11) is 1.61. The highest BCUT2D eigenvalue weighted by Crippen LogP contribution is 2.18. The van der Waals surface area contributed by atoms with Gasteiger partial charge in [0.15, 0.2) is 0 Å². The van der Waals surface area contributed by atoms with Crippen LogP contribution in [0, 0.1) is 0 Å². The Bertz CT molecular complexity index is 656. The molecule has 0 heterocycles. The monoisotopic (exact) mass is 328 g/mol. The van der Waals surface area contributed by atoms with E-state index in [1.165, 1.54) is 0 Å². The molecular formula is C19H24N2O3. The first-order valence-electron chi connectivity index (χ1n) is 8.05. The molecule has 5 nitrogen and oxygen atoms in total. The second-order valence-corrected chi connectivity index (χ2v) is 5.49. The van der Waals surface area contributed by atoms with Crippen LogP contribution in [0.15, 0.2) is 48.5 Å². The molecule has 2 aromatic carbocycles. The first-order chi connectivity index (χ1) is 11.6.